The third-order valence-corrected chi connectivity index (χ3v) is 7.02. The van der Waals surface area contributed by atoms with E-state index in [1.54, 1.807) is 37.4 Å². The highest BCUT2D eigenvalue weighted by atomic mass is 32.2. The van der Waals surface area contributed by atoms with Gasteiger partial charge in [-0.05, 0) is 36.8 Å². The van der Waals surface area contributed by atoms with Crippen molar-refractivity contribution in [1.82, 2.24) is 5.32 Å². The predicted molar refractivity (Wildman–Crippen MR) is 116 cm³/mol. The molecular formula is C23H22N2O4S. The summed E-state index contributed by atoms with van der Waals surface area (Å²) in [5.41, 5.74) is 2.84. The van der Waals surface area contributed by atoms with Crippen LogP contribution in [0.15, 0.2) is 77.7 Å². The highest BCUT2D eigenvalue weighted by Crippen LogP contribution is 2.42. The van der Waals surface area contributed by atoms with Crippen LogP contribution in [0.25, 0.3) is 11.1 Å². The van der Waals surface area contributed by atoms with Gasteiger partial charge in [0.1, 0.15) is 12.3 Å². The van der Waals surface area contributed by atoms with E-state index in [9.17, 15) is 13.2 Å². The fourth-order valence-corrected chi connectivity index (χ4v) is 5.29. The third kappa shape index (κ3) is 3.52. The van der Waals surface area contributed by atoms with Gasteiger partial charge < -0.3 is 10.1 Å². The van der Waals surface area contributed by atoms with Crippen molar-refractivity contribution < 1.29 is 17.9 Å². The molecule has 4 rings (SSSR count). The van der Waals surface area contributed by atoms with Crippen LogP contribution in [0.3, 0.4) is 0 Å². The molecule has 1 heterocycles. The molecule has 0 radical (unpaired) electrons. The van der Waals surface area contributed by atoms with Gasteiger partial charge >= 0.3 is 0 Å². The summed E-state index contributed by atoms with van der Waals surface area (Å²) in [5, 5.41) is 2.89. The van der Waals surface area contributed by atoms with E-state index in [4.69, 9.17) is 4.74 Å². The van der Waals surface area contributed by atoms with Crippen LogP contribution in [0, 0.1) is 0 Å². The first-order valence-corrected chi connectivity index (χ1v) is 11.0. The first-order chi connectivity index (χ1) is 14.4. The average molecular weight is 423 g/mol. The Hall–Kier alpha value is -3.32. The molecule has 6 nitrogen and oxygen atoms in total. The molecule has 1 aliphatic heterocycles. The van der Waals surface area contributed by atoms with Crippen LogP contribution in [0.5, 0.6) is 5.75 Å². The number of para-hydroxylation sites is 1. The highest BCUT2D eigenvalue weighted by Gasteiger charge is 2.35. The van der Waals surface area contributed by atoms with Gasteiger partial charge in [0.25, 0.3) is 10.0 Å². The molecular weight excluding hydrogens is 400 g/mol. The van der Waals surface area contributed by atoms with Crippen LogP contribution < -0.4 is 14.4 Å². The second-order valence-electron chi connectivity index (χ2n) is 7.09. The second kappa shape index (κ2) is 7.84. The molecule has 1 amide bonds. The zero-order valence-corrected chi connectivity index (χ0v) is 17.5. The van der Waals surface area contributed by atoms with Crippen LogP contribution in [-0.4, -0.2) is 28.0 Å². The number of nitrogens with one attached hydrogen (secondary N) is 1. The number of sulfonamides is 1. The van der Waals surface area contributed by atoms with E-state index in [-0.39, 0.29) is 23.4 Å². The number of methoxy groups -OCH3 is 1. The summed E-state index contributed by atoms with van der Waals surface area (Å²) < 4.78 is 32.9. The first-order valence-electron chi connectivity index (χ1n) is 9.56. The van der Waals surface area contributed by atoms with Crippen LogP contribution in [0.2, 0.25) is 0 Å². The minimum atomic E-state index is -3.84. The van der Waals surface area contributed by atoms with E-state index in [0.717, 1.165) is 16.9 Å². The second-order valence-corrected chi connectivity index (χ2v) is 8.92. The van der Waals surface area contributed by atoms with Gasteiger partial charge in [0.05, 0.1) is 23.7 Å². The van der Waals surface area contributed by atoms with E-state index in [1.165, 1.54) is 4.31 Å². The van der Waals surface area contributed by atoms with E-state index in [2.05, 4.69) is 5.32 Å². The van der Waals surface area contributed by atoms with Gasteiger partial charge in [-0.25, -0.2) is 8.42 Å². The number of amides is 1. The van der Waals surface area contributed by atoms with Crippen molar-refractivity contribution in [2.24, 2.45) is 0 Å². The van der Waals surface area contributed by atoms with E-state index >= 15 is 0 Å². The zero-order chi connectivity index (χ0) is 21.3. The van der Waals surface area contributed by atoms with E-state index < -0.39 is 10.0 Å². The minimum Gasteiger partial charge on any atom is -0.497 e. The van der Waals surface area contributed by atoms with Crippen molar-refractivity contribution in [3.05, 3.63) is 78.4 Å². The van der Waals surface area contributed by atoms with Crippen molar-refractivity contribution >= 4 is 21.6 Å². The molecule has 0 bridgehead atoms. The normalized spacial score (nSPS) is 14.9. The van der Waals surface area contributed by atoms with Gasteiger partial charge in [-0.2, -0.15) is 0 Å². The SMILES string of the molecule is COc1ccc([C@@H](C)NC(=O)CN2c3ccccc3-c3ccccc3S2(=O)=O)cc1. The van der Waals surface area contributed by atoms with Gasteiger partial charge in [0.2, 0.25) is 5.91 Å². The Kier molecular flexibility index (Phi) is 5.22. The molecule has 3 aromatic rings. The lowest BCUT2D eigenvalue weighted by molar-refractivity contribution is -0.120. The van der Waals surface area contributed by atoms with Gasteiger partial charge in [-0.1, -0.05) is 48.5 Å². The number of hydrogen-bond donors (Lipinski definition) is 1. The number of anilines is 1. The van der Waals surface area contributed by atoms with Gasteiger partial charge in [-0.3, -0.25) is 9.10 Å². The lowest BCUT2D eigenvalue weighted by Crippen LogP contribution is -2.43. The molecule has 7 heteroatoms. The Balaban J connectivity index is 1.60. The predicted octanol–water partition coefficient (Wildman–Crippen LogP) is 3.75. The molecule has 154 valence electrons. The van der Waals surface area contributed by atoms with Gasteiger partial charge in [0.15, 0.2) is 0 Å². The summed E-state index contributed by atoms with van der Waals surface area (Å²) in [7, 11) is -2.25. The fourth-order valence-electron chi connectivity index (χ4n) is 3.64. The maximum atomic E-state index is 13.3. The van der Waals surface area contributed by atoms with Crippen LogP contribution in [0.1, 0.15) is 18.5 Å². The molecule has 0 fully saturated rings. The maximum Gasteiger partial charge on any atom is 0.265 e. The summed E-state index contributed by atoms with van der Waals surface area (Å²) in [5.74, 6) is 0.350. The molecule has 0 aliphatic carbocycles. The number of nitrogens with zero attached hydrogens (tertiary/aromatic N) is 1. The molecule has 3 aromatic carbocycles. The summed E-state index contributed by atoms with van der Waals surface area (Å²) in [6.45, 7) is 1.56. The van der Waals surface area contributed by atoms with Gasteiger partial charge in [0, 0.05) is 11.1 Å². The van der Waals surface area contributed by atoms with Crippen LogP contribution in [-0.2, 0) is 14.8 Å². The smallest absolute Gasteiger partial charge is 0.265 e. The third-order valence-electron chi connectivity index (χ3n) is 5.20. The van der Waals surface area contributed by atoms with Crippen molar-refractivity contribution in [3.63, 3.8) is 0 Å². The maximum absolute atomic E-state index is 13.3. The highest BCUT2D eigenvalue weighted by molar-refractivity contribution is 7.93. The van der Waals surface area contributed by atoms with Crippen molar-refractivity contribution in [2.45, 2.75) is 17.9 Å². The molecule has 1 N–H and O–H groups in total. The largest absolute Gasteiger partial charge is 0.497 e. The molecule has 0 saturated heterocycles. The zero-order valence-electron chi connectivity index (χ0n) is 16.7. The summed E-state index contributed by atoms with van der Waals surface area (Å²) in [6.07, 6.45) is 0. The van der Waals surface area contributed by atoms with Crippen molar-refractivity contribution in [3.8, 4) is 16.9 Å². The number of carbonyl (C=O) groups excluding carboxylic acids is 1. The average Bonchev–Trinajstić information content (AvgIpc) is 2.77. The topological polar surface area (TPSA) is 75.7 Å². The van der Waals surface area contributed by atoms with Crippen LogP contribution >= 0.6 is 0 Å². The molecule has 0 aromatic heterocycles. The lowest BCUT2D eigenvalue weighted by atomic mass is 10.0. The molecule has 0 unspecified atom stereocenters. The number of hydrogen-bond acceptors (Lipinski definition) is 4. The van der Waals surface area contributed by atoms with E-state index in [0.29, 0.717) is 11.3 Å². The Morgan fingerprint density at radius 2 is 1.60 bits per heavy atom. The van der Waals surface area contributed by atoms with Crippen molar-refractivity contribution in [2.75, 3.05) is 18.0 Å². The fraction of sp³-hybridized carbons (Fsp3) is 0.174. The van der Waals surface area contributed by atoms with Crippen molar-refractivity contribution in [1.29, 1.82) is 0 Å². The molecule has 1 aliphatic rings. The first kappa shape index (κ1) is 20.0. The number of rotatable bonds is 5. The summed E-state index contributed by atoms with van der Waals surface area (Å²) in [6, 6.07) is 21.2. The number of benzene rings is 3. The molecule has 0 spiro atoms. The number of ether oxygens (including phenoxy) is 1. The molecule has 0 saturated carbocycles. The Morgan fingerprint density at radius 1 is 0.967 bits per heavy atom. The quantitative estimate of drug-likeness (QED) is 0.680. The Labute approximate surface area is 176 Å². The minimum absolute atomic E-state index is 0.208. The van der Waals surface area contributed by atoms with E-state index in [1.807, 2.05) is 49.4 Å². The van der Waals surface area contributed by atoms with Crippen LogP contribution in [0.4, 0.5) is 5.69 Å². The Morgan fingerprint density at radius 3 is 2.30 bits per heavy atom. The monoisotopic (exact) mass is 422 g/mol. The number of carbonyl (C=O) groups is 1. The number of fused-ring (bicyclic) bond motifs is 3. The van der Waals surface area contributed by atoms with Gasteiger partial charge in [-0.15, -0.1) is 0 Å². The lowest BCUT2D eigenvalue weighted by Gasteiger charge is -2.31. The molecule has 30 heavy (non-hydrogen) atoms. The summed E-state index contributed by atoms with van der Waals surface area (Å²) in [4.78, 5) is 13.0. The summed E-state index contributed by atoms with van der Waals surface area (Å²) >= 11 is 0. The Bertz CT molecular complexity index is 1190. The standard InChI is InChI=1S/C23H22N2O4S/c1-16(17-11-13-18(29-2)14-12-17)24-23(26)15-25-21-9-5-3-7-19(21)20-8-4-6-10-22(20)30(25,27)28/h3-14,16H,15H2,1-2H3,(H,24,26)/t16-/m1/s1. The molecule has 1 atom stereocenters.